The zero-order chi connectivity index (χ0) is 20.1. The lowest BCUT2D eigenvalue weighted by Crippen LogP contribution is -2.40. The second kappa shape index (κ2) is 9.68. The third-order valence-electron chi connectivity index (χ3n) is 5.99. The molecule has 2 saturated heterocycles. The van der Waals surface area contributed by atoms with E-state index in [1.807, 2.05) is 23.9 Å². The van der Waals surface area contributed by atoms with Gasteiger partial charge in [-0.1, -0.05) is 60.7 Å². The van der Waals surface area contributed by atoms with Crippen LogP contribution in [0.4, 0.5) is 4.79 Å². The third-order valence-corrected chi connectivity index (χ3v) is 7.46. The minimum Gasteiger partial charge on any atom is -0.385 e. The first kappa shape index (κ1) is 20.3. The molecular weight excluding hydrogens is 380 g/mol. The highest BCUT2D eigenvalue weighted by Crippen LogP contribution is 2.42. The quantitative estimate of drug-likeness (QED) is 0.440. The number of hydrogen-bond donors (Lipinski definition) is 0. The van der Waals surface area contributed by atoms with Gasteiger partial charge in [0.1, 0.15) is 0 Å². The Morgan fingerprint density at radius 1 is 0.931 bits per heavy atom. The molecule has 154 valence electrons. The van der Waals surface area contributed by atoms with E-state index in [9.17, 15) is 4.79 Å². The molecule has 2 fully saturated rings. The molecule has 2 aliphatic rings. The third kappa shape index (κ3) is 4.62. The summed E-state index contributed by atoms with van der Waals surface area (Å²) >= 11 is 2.05. The number of unbranched alkanes of at least 4 members (excludes halogenated alkanes) is 1. The van der Waals surface area contributed by atoms with Crippen molar-refractivity contribution < 1.29 is 9.53 Å². The summed E-state index contributed by atoms with van der Waals surface area (Å²) < 4.78 is 5.21. The maximum absolute atomic E-state index is 13.5. The van der Waals surface area contributed by atoms with Gasteiger partial charge in [-0.15, -0.1) is 0 Å². The number of carbonyl (C=O) groups excluding carboxylic acids is 1. The first-order valence-electron chi connectivity index (χ1n) is 10.5. The van der Waals surface area contributed by atoms with Crippen molar-refractivity contribution >= 4 is 17.8 Å². The molecule has 0 bridgehead atoms. The summed E-state index contributed by atoms with van der Waals surface area (Å²) in [5.41, 5.74) is 2.41. The maximum Gasteiger partial charge on any atom is 0.321 e. The van der Waals surface area contributed by atoms with Gasteiger partial charge in [-0.05, 0) is 30.4 Å². The van der Waals surface area contributed by atoms with Gasteiger partial charge in [-0.2, -0.15) is 11.8 Å². The second-order valence-electron chi connectivity index (χ2n) is 7.93. The maximum atomic E-state index is 13.5. The minimum atomic E-state index is 0.190. The molecule has 0 aliphatic carbocycles. The van der Waals surface area contributed by atoms with E-state index in [2.05, 4.69) is 58.3 Å². The molecule has 0 aromatic heterocycles. The molecule has 0 N–H and O–H groups in total. The van der Waals surface area contributed by atoms with E-state index in [4.69, 9.17) is 4.74 Å². The number of benzene rings is 2. The molecule has 2 aliphatic heterocycles. The summed E-state index contributed by atoms with van der Waals surface area (Å²) in [6.45, 7) is 2.21. The van der Waals surface area contributed by atoms with Gasteiger partial charge >= 0.3 is 6.03 Å². The number of fused-ring (bicyclic) bond motifs is 1. The van der Waals surface area contributed by atoms with Crippen LogP contribution in [0.25, 0.3) is 0 Å². The Kier molecular flexibility index (Phi) is 6.78. The Balaban J connectivity index is 1.53. The van der Waals surface area contributed by atoms with Crippen LogP contribution in [0, 0.1) is 0 Å². The van der Waals surface area contributed by atoms with E-state index in [1.165, 1.54) is 11.1 Å². The first-order valence-corrected chi connectivity index (χ1v) is 11.6. The van der Waals surface area contributed by atoms with Gasteiger partial charge in [0.05, 0.1) is 12.1 Å². The van der Waals surface area contributed by atoms with Crippen molar-refractivity contribution in [1.82, 2.24) is 9.80 Å². The van der Waals surface area contributed by atoms with Crippen LogP contribution in [-0.4, -0.2) is 52.6 Å². The van der Waals surface area contributed by atoms with Gasteiger partial charge in [0, 0.05) is 37.8 Å². The van der Waals surface area contributed by atoms with E-state index >= 15 is 0 Å². The molecule has 2 amide bonds. The number of amides is 2. The van der Waals surface area contributed by atoms with Crippen LogP contribution in [0.3, 0.4) is 0 Å². The van der Waals surface area contributed by atoms with E-state index in [0.29, 0.717) is 30.4 Å². The van der Waals surface area contributed by atoms with Crippen LogP contribution < -0.4 is 0 Å². The Labute approximate surface area is 178 Å². The predicted molar refractivity (Wildman–Crippen MR) is 119 cm³/mol. The summed E-state index contributed by atoms with van der Waals surface area (Å²) in [5.74, 6) is 1.03. The van der Waals surface area contributed by atoms with Crippen molar-refractivity contribution in [2.75, 3.05) is 19.5 Å². The van der Waals surface area contributed by atoms with Crippen molar-refractivity contribution in [3.8, 4) is 0 Å². The molecule has 0 radical (unpaired) electrons. The fourth-order valence-electron chi connectivity index (χ4n) is 4.55. The number of hydrogen-bond acceptors (Lipinski definition) is 3. The molecule has 1 unspecified atom stereocenters. The summed E-state index contributed by atoms with van der Waals surface area (Å²) in [5, 5.41) is 0.505. The van der Waals surface area contributed by atoms with Crippen molar-refractivity contribution in [3.05, 3.63) is 71.8 Å². The van der Waals surface area contributed by atoms with Gasteiger partial charge in [-0.3, -0.25) is 0 Å². The minimum absolute atomic E-state index is 0.190. The fourth-order valence-corrected chi connectivity index (χ4v) is 6.23. The van der Waals surface area contributed by atoms with Crippen LogP contribution in [0.5, 0.6) is 0 Å². The molecule has 29 heavy (non-hydrogen) atoms. The number of carbonyl (C=O) groups is 1. The van der Waals surface area contributed by atoms with Gasteiger partial charge < -0.3 is 14.5 Å². The fraction of sp³-hybridized carbons (Fsp3) is 0.458. The molecule has 4 rings (SSSR count). The van der Waals surface area contributed by atoms with Crippen LogP contribution in [0.1, 0.15) is 30.4 Å². The second-order valence-corrected chi connectivity index (χ2v) is 9.20. The average Bonchev–Trinajstić information content (AvgIpc) is 3.27. The lowest BCUT2D eigenvalue weighted by atomic mass is 10.0. The van der Waals surface area contributed by atoms with Crippen molar-refractivity contribution in [2.24, 2.45) is 0 Å². The van der Waals surface area contributed by atoms with Crippen LogP contribution in [-0.2, 0) is 17.8 Å². The lowest BCUT2D eigenvalue weighted by molar-refractivity contribution is 0.179. The normalized spacial score (nSPS) is 23.6. The number of rotatable bonds is 9. The van der Waals surface area contributed by atoms with Gasteiger partial charge in [-0.25, -0.2) is 4.79 Å². The number of thioether (sulfide) groups is 1. The number of nitrogens with zero attached hydrogens (tertiary/aromatic N) is 2. The van der Waals surface area contributed by atoms with E-state index in [0.717, 1.165) is 31.6 Å². The van der Waals surface area contributed by atoms with Crippen LogP contribution >= 0.6 is 11.8 Å². The molecule has 4 nitrogen and oxygen atoms in total. The topological polar surface area (TPSA) is 32.8 Å². The Bertz CT molecular complexity index is 786. The summed E-state index contributed by atoms with van der Waals surface area (Å²) in [6.07, 6.45) is 3.39. The molecule has 5 heteroatoms. The van der Waals surface area contributed by atoms with Crippen molar-refractivity contribution in [3.63, 3.8) is 0 Å². The Morgan fingerprint density at radius 3 is 2.17 bits per heavy atom. The first-order chi connectivity index (χ1) is 14.3. The lowest BCUT2D eigenvalue weighted by Gasteiger charge is -2.27. The van der Waals surface area contributed by atoms with Crippen LogP contribution in [0.15, 0.2) is 60.7 Å². The smallest absolute Gasteiger partial charge is 0.321 e. The Morgan fingerprint density at radius 2 is 1.55 bits per heavy atom. The molecule has 0 spiro atoms. The summed E-state index contributed by atoms with van der Waals surface area (Å²) in [4.78, 5) is 17.7. The predicted octanol–water partition coefficient (Wildman–Crippen LogP) is 4.79. The molecular formula is C24H30N2O2S. The number of ether oxygens (including phenoxy) is 1. The Hall–Kier alpha value is -1.98. The van der Waals surface area contributed by atoms with Gasteiger partial charge in [0.25, 0.3) is 0 Å². The van der Waals surface area contributed by atoms with Gasteiger partial charge in [0.2, 0.25) is 0 Å². The highest BCUT2D eigenvalue weighted by Gasteiger charge is 2.52. The molecule has 0 saturated carbocycles. The van der Waals surface area contributed by atoms with E-state index < -0.39 is 0 Å². The van der Waals surface area contributed by atoms with Crippen LogP contribution in [0.2, 0.25) is 0 Å². The standard InChI is InChI=1S/C24H30N2O2S/c1-28-15-9-8-14-22-23-21(18-29-22)25(16-19-10-4-2-5-11-19)24(27)26(23)17-20-12-6-3-7-13-20/h2-7,10-13,21-23H,8-9,14-18H2,1H3/t21-,22?,23-/m1/s1. The zero-order valence-corrected chi connectivity index (χ0v) is 17.9. The van der Waals surface area contributed by atoms with Gasteiger partial charge in [0.15, 0.2) is 0 Å². The van der Waals surface area contributed by atoms with E-state index in [1.54, 1.807) is 7.11 Å². The monoisotopic (exact) mass is 410 g/mol. The van der Waals surface area contributed by atoms with E-state index in [-0.39, 0.29) is 6.03 Å². The van der Waals surface area contributed by atoms with Crippen molar-refractivity contribution in [2.45, 2.75) is 49.7 Å². The SMILES string of the molecule is COCCCCC1SC[C@@H]2[C@H]1N(Cc1ccccc1)C(=O)N2Cc1ccccc1. The molecule has 2 heterocycles. The summed E-state index contributed by atoms with van der Waals surface area (Å²) in [6, 6.07) is 21.5. The average molecular weight is 411 g/mol. The largest absolute Gasteiger partial charge is 0.385 e. The highest BCUT2D eigenvalue weighted by atomic mass is 32.2. The molecule has 2 aromatic rings. The number of methoxy groups -OCH3 is 1. The molecule has 3 atom stereocenters. The van der Waals surface area contributed by atoms with Crippen molar-refractivity contribution in [1.29, 1.82) is 0 Å². The summed E-state index contributed by atoms with van der Waals surface area (Å²) in [7, 11) is 1.76. The number of urea groups is 1. The highest BCUT2D eigenvalue weighted by molar-refractivity contribution is 8.00. The zero-order valence-electron chi connectivity index (χ0n) is 17.1. The molecule has 2 aromatic carbocycles.